The summed E-state index contributed by atoms with van der Waals surface area (Å²) in [4.78, 5) is 2.23. The quantitative estimate of drug-likeness (QED) is 0.778. The SMILES string of the molecule is CN(C)C(c1ccccc1)C1COCOC1. The van der Waals surface area contributed by atoms with Crippen LogP contribution in [0.1, 0.15) is 11.6 Å². The average molecular weight is 221 g/mol. The van der Waals surface area contributed by atoms with Crippen molar-refractivity contribution in [1.82, 2.24) is 4.90 Å². The standard InChI is InChI=1S/C13H19NO2/c1-14(2)13(11-6-4-3-5-7-11)12-8-15-10-16-9-12/h3-7,12-13H,8-10H2,1-2H3. The van der Waals surface area contributed by atoms with Crippen molar-refractivity contribution in [1.29, 1.82) is 0 Å². The van der Waals surface area contributed by atoms with Crippen LogP contribution in [0.2, 0.25) is 0 Å². The van der Waals surface area contributed by atoms with Gasteiger partial charge in [0, 0.05) is 12.0 Å². The fraction of sp³-hybridized carbons (Fsp3) is 0.538. The first-order valence-corrected chi connectivity index (χ1v) is 5.66. The Morgan fingerprint density at radius 1 is 1.12 bits per heavy atom. The summed E-state index contributed by atoms with van der Waals surface area (Å²) in [6, 6.07) is 10.9. The molecule has 1 saturated heterocycles. The highest BCUT2D eigenvalue weighted by Crippen LogP contribution is 2.28. The Labute approximate surface area is 97.0 Å². The molecular formula is C13H19NO2. The van der Waals surface area contributed by atoms with Crippen molar-refractivity contribution in [2.24, 2.45) is 5.92 Å². The third-order valence-electron chi connectivity index (χ3n) is 2.97. The second-order valence-corrected chi connectivity index (χ2v) is 4.44. The van der Waals surface area contributed by atoms with E-state index in [0.717, 1.165) is 13.2 Å². The van der Waals surface area contributed by atoms with Gasteiger partial charge in [0.25, 0.3) is 0 Å². The summed E-state index contributed by atoms with van der Waals surface area (Å²) < 4.78 is 10.8. The van der Waals surface area contributed by atoms with Crippen molar-refractivity contribution in [2.45, 2.75) is 6.04 Å². The molecule has 1 unspecified atom stereocenters. The van der Waals surface area contributed by atoms with Crippen molar-refractivity contribution >= 4 is 0 Å². The molecule has 1 atom stereocenters. The van der Waals surface area contributed by atoms with Crippen LogP contribution in [0.25, 0.3) is 0 Å². The van der Waals surface area contributed by atoms with Crippen molar-refractivity contribution in [2.75, 3.05) is 34.1 Å². The van der Waals surface area contributed by atoms with Gasteiger partial charge >= 0.3 is 0 Å². The fourth-order valence-corrected chi connectivity index (χ4v) is 2.33. The highest BCUT2D eigenvalue weighted by molar-refractivity contribution is 5.19. The molecule has 0 bridgehead atoms. The summed E-state index contributed by atoms with van der Waals surface area (Å²) in [7, 11) is 4.21. The second kappa shape index (κ2) is 5.43. The third kappa shape index (κ3) is 2.61. The molecule has 1 aromatic rings. The van der Waals surface area contributed by atoms with E-state index >= 15 is 0 Å². The monoisotopic (exact) mass is 221 g/mol. The van der Waals surface area contributed by atoms with Gasteiger partial charge in [-0.05, 0) is 19.7 Å². The maximum Gasteiger partial charge on any atom is 0.146 e. The Morgan fingerprint density at radius 3 is 2.31 bits per heavy atom. The predicted octanol–water partition coefficient (Wildman–Crippen LogP) is 1.91. The van der Waals surface area contributed by atoms with Gasteiger partial charge in [0.05, 0.1) is 13.2 Å². The van der Waals surface area contributed by atoms with Crippen LogP contribution in [0, 0.1) is 5.92 Å². The minimum Gasteiger partial charge on any atom is -0.355 e. The molecule has 0 radical (unpaired) electrons. The summed E-state index contributed by atoms with van der Waals surface area (Å²) in [5.74, 6) is 0.408. The van der Waals surface area contributed by atoms with E-state index in [1.165, 1.54) is 5.56 Å². The largest absolute Gasteiger partial charge is 0.355 e. The molecule has 1 fully saturated rings. The van der Waals surface area contributed by atoms with E-state index in [2.05, 4.69) is 43.3 Å². The lowest BCUT2D eigenvalue weighted by atomic mass is 9.93. The second-order valence-electron chi connectivity index (χ2n) is 4.44. The molecular weight excluding hydrogens is 202 g/mol. The van der Waals surface area contributed by atoms with E-state index in [-0.39, 0.29) is 0 Å². The van der Waals surface area contributed by atoms with Crippen LogP contribution in [0.3, 0.4) is 0 Å². The molecule has 0 aromatic heterocycles. The normalized spacial score (nSPS) is 19.9. The van der Waals surface area contributed by atoms with E-state index in [1.54, 1.807) is 0 Å². The Morgan fingerprint density at radius 2 is 1.75 bits per heavy atom. The van der Waals surface area contributed by atoms with Gasteiger partial charge in [-0.1, -0.05) is 30.3 Å². The summed E-state index contributed by atoms with van der Waals surface area (Å²) in [6.07, 6.45) is 0. The van der Waals surface area contributed by atoms with Gasteiger partial charge in [-0.3, -0.25) is 0 Å². The van der Waals surface area contributed by atoms with E-state index in [0.29, 0.717) is 18.8 Å². The number of hydrogen-bond donors (Lipinski definition) is 0. The summed E-state index contributed by atoms with van der Waals surface area (Å²) in [5, 5.41) is 0. The zero-order valence-electron chi connectivity index (χ0n) is 9.93. The number of rotatable bonds is 3. The lowest BCUT2D eigenvalue weighted by molar-refractivity contribution is -0.139. The van der Waals surface area contributed by atoms with Gasteiger partial charge in [-0.15, -0.1) is 0 Å². The van der Waals surface area contributed by atoms with E-state index in [4.69, 9.17) is 9.47 Å². The predicted molar refractivity (Wildman–Crippen MR) is 63.1 cm³/mol. The lowest BCUT2D eigenvalue weighted by Crippen LogP contribution is -2.36. The zero-order valence-corrected chi connectivity index (χ0v) is 9.93. The maximum atomic E-state index is 5.39. The third-order valence-corrected chi connectivity index (χ3v) is 2.97. The number of benzene rings is 1. The molecule has 1 aromatic carbocycles. The molecule has 0 N–H and O–H groups in total. The summed E-state index contributed by atoms with van der Waals surface area (Å²) >= 11 is 0. The minimum absolute atomic E-state index is 0.362. The van der Waals surface area contributed by atoms with Crippen LogP contribution >= 0.6 is 0 Å². The molecule has 3 nitrogen and oxygen atoms in total. The molecule has 0 spiro atoms. The van der Waals surface area contributed by atoms with Crippen molar-refractivity contribution < 1.29 is 9.47 Å². The van der Waals surface area contributed by atoms with Crippen molar-refractivity contribution in [3.8, 4) is 0 Å². The average Bonchev–Trinajstić information content (AvgIpc) is 2.31. The van der Waals surface area contributed by atoms with Gasteiger partial charge in [0.15, 0.2) is 0 Å². The molecule has 0 aliphatic carbocycles. The van der Waals surface area contributed by atoms with E-state index in [1.807, 2.05) is 6.07 Å². The van der Waals surface area contributed by atoms with Gasteiger partial charge in [-0.25, -0.2) is 0 Å². The van der Waals surface area contributed by atoms with Gasteiger partial charge < -0.3 is 14.4 Å². The number of hydrogen-bond acceptors (Lipinski definition) is 3. The smallest absolute Gasteiger partial charge is 0.146 e. The van der Waals surface area contributed by atoms with Crippen LogP contribution in [0.4, 0.5) is 0 Å². The van der Waals surface area contributed by atoms with Crippen LogP contribution in [0.5, 0.6) is 0 Å². The van der Waals surface area contributed by atoms with E-state index < -0.39 is 0 Å². The minimum atomic E-state index is 0.362. The molecule has 16 heavy (non-hydrogen) atoms. The highest BCUT2D eigenvalue weighted by Gasteiger charge is 2.27. The van der Waals surface area contributed by atoms with Gasteiger partial charge in [-0.2, -0.15) is 0 Å². The molecule has 2 rings (SSSR count). The van der Waals surface area contributed by atoms with Gasteiger partial charge in [0.2, 0.25) is 0 Å². The number of nitrogens with zero attached hydrogens (tertiary/aromatic N) is 1. The van der Waals surface area contributed by atoms with E-state index in [9.17, 15) is 0 Å². The maximum absolute atomic E-state index is 5.39. The van der Waals surface area contributed by atoms with Crippen molar-refractivity contribution in [3.63, 3.8) is 0 Å². The Balaban J connectivity index is 2.16. The first kappa shape index (κ1) is 11.6. The summed E-state index contributed by atoms with van der Waals surface area (Å²) in [6.45, 7) is 1.99. The molecule has 1 aliphatic rings. The van der Waals surface area contributed by atoms with Crippen LogP contribution < -0.4 is 0 Å². The topological polar surface area (TPSA) is 21.7 Å². The Hall–Kier alpha value is -0.900. The van der Waals surface area contributed by atoms with Gasteiger partial charge in [0.1, 0.15) is 6.79 Å². The summed E-state index contributed by atoms with van der Waals surface area (Å²) in [5.41, 5.74) is 1.33. The molecule has 0 saturated carbocycles. The van der Waals surface area contributed by atoms with Crippen molar-refractivity contribution in [3.05, 3.63) is 35.9 Å². The zero-order chi connectivity index (χ0) is 11.4. The molecule has 1 aliphatic heterocycles. The molecule has 3 heteroatoms. The molecule has 88 valence electrons. The van der Waals surface area contributed by atoms with Crippen LogP contribution in [-0.4, -0.2) is 39.0 Å². The number of ether oxygens (including phenoxy) is 2. The van der Waals surface area contributed by atoms with Crippen LogP contribution in [0.15, 0.2) is 30.3 Å². The first-order valence-electron chi connectivity index (χ1n) is 5.66. The lowest BCUT2D eigenvalue weighted by Gasteiger charge is -2.34. The molecule has 1 heterocycles. The van der Waals surface area contributed by atoms with Crippen LogP contribution in [-0.2, 0) is 9.47 Å². The Kier molecular flexibility index (Phi) is 3.93. The highest BCUT2D eigenvalue weighted by atomic mass is 16.7. The Bertz CT molecular complexity index is 307. The fourth-order valence-electron chi connectivity index (χ4n) is 2.33. The first-order chi connectivity index (χ1) is 7.79. The molecule has 0 amide bonds.